The van der Waals surface area contributed by atoms with Crippen LogP contribution < -0.4 is 0 Å². The summed E-state index contributed by atoms with van der Waals surface area (Å²) >= 11 is 0. The van der Waals surface area contributed by atoms with E-state index in [0.717, 1.165) is 6.42 Å². The summed E-state index contributed by atoms with van der Waals surface area (Å²) in [4.78, 5) is 24.2. The highest BCUT2D eigenvalue weighted by Crippen LogP contribution is 2.66. The lowest BCUT2D eigenvalue weighted by atomic mass is 9.47. The first kappa shape index (κ1) is 24.2. The van der Waals surface area contributed by atoms with Gasteiger partial charge in [-0.15, -0.1) is 0 Å². The normalized spacial score (nSPS) is 41.9. The van der Waals surface area contributed by atoms with Gasteiger partial charge in [-0.1, -0.05) is 40.2 Å². The summed E-state index contributed by atoms with van der Waals surface area (Å²) in [7, 11) is -1.81. The van der Waals surface area contributed by atoms with Gasteiger partial charge in [0.05, 0.1) is 6.10 Å². The van der Waals surface area contributed by atoms with Crippen LogP contribution in [-0.2, 0) is 18.8 Å². The first-order valence-corrected chi connectivity index (χ1v) is 15.7. The number of fused-ring (bicyclic) bond motifs is 5. The third kappa shape index (κ3) is 3.75. The molecule has 0 aromatic carbocycles. The molecule has 4 aliphatic rings. The van der Waals surface area contributed by atoms with E-state index < -0.39 is 14.4 Å². The Morgan fingerprint density at radius 3 is 2.41 bits per heavy atom. The van der Waals surface area contributed by atoms with Crippen LogP contribution in [0.2, 0.25) is 18.1 Å². The zero-order chi connectivity index (χ0) is 23.7. The fourth-order valence-corrected chi connectivity index (χ4v) is 9.03. The molecular weight excluding hydrogens is 416 g/mol. The van der Waals surface area contributed by atoms with Crippen LogP contribution in [0.4, 0.5) is 0 Å². The zero-order valence-corrected chi connectivity index (χ0v) is 22.5. The minimum absolute atomic E-state index is 0.0181. The molecule has 3 fully saturated rings. The lowest BCUT2D eigenvalue weighted by Gasteiger charge is -2.58. The van der Waals surface area contributed by atoms with E-state index in [9.17, 15) is 9.59 Å². The van der Waals surface area contributed by atoms with Crippen molar-refractivity contribution in [2.45, 2.75) is 117 Å². The van der Waals surface area contributed by atoms with Crippen LogP contribution in [0.1, 0.15) is 86.5 Å². The highest BCUT2D eigenvalue weighted by Gasteiger charge is 2.61. The van der Waals surface area contributed by atoms with Crippen molar-refractivity contribution in [1.82, 2.24) is 0 Å². The average molecular weight is 461 g/mol. The quantitative estimate of drug-likeness (QED) is 0.359. The van der Waals surface area contributed by atoms with Crippen molar-refractivity contribution in [1.29, 1.82) is 0 Å². The predicted molar refractivity (Wildman–Crippen MR) is 130 cm³/mol. The summed E-state index contributed by atoms with van der Waals surface area (Å²) in [6.07, 6.45) is 9.29. The smallest absolute Gasteiger partial charge is 0.303 e. The lowest BCUT2D eigenvalue weighted by molar-refractivity contribution is -0.156. The highest BCUT2D eigenvalue weighted by atomic mass is 28.4. The Kier molecular flexibility index (Phi) is 5.89. The zero-order valence-electron chi connectivity index (χ0n) is 21.5. The van der Waals surface area contributed by atoms with Gasteiger partial charge in [0.15, 0.2) is 20.2 Å². The van der Waals surface area contributed by atoms with Crippen molar-refractivity contribution in [2.75, 3.05) is 0 Å². The SMILES string of the molecule is CC(=O)OC1C[C@@]2(C)C(=CC1=O)CC[C@H]1[C@@H]3CC[C@H](O[Si](C)(C)C(C)(C)C)[C@@]3(C)CC[C@@H]12. The van der Waals surface area contributed by atoms with Gasteiger partial charge in [-0.25, -0.2) is 0 Å². The number of hydrogen-bond donors (Lipinski definition) is 0. The Morgan fingerprint density at radius 2 is 1.78 bits per heavy atom. The summed E-state index contributed by atoms with van der Waals surface area (Å²) in [6.45, 7) is 18.1. The van der Waals surface area contributed by atoms with E-state index in [4.69, 9.17) is 9.16 Å². The lowest BCUT2D eigenvalue weighted by Crippen LogP contribution is -2.55. The predicted octanol–water partition coefficient (Wildman–Crippen LogP) is 6.45. The topological polar surface area (TPSA) is 52.6 Å². The maximum atomic E-state index is 12.6. The Balaban J connectivity index is 1.58. The van der Waals surface area contributed by atoms with Crippen molar-refractivity contribution in [3.8, 4) is 0 Å². The molecule has 1 unspecified atom stereocenters. The van der Waals surface area contributed by atoms with Crippen molar-refractivity contribution in [3.05, 3.63) is 11.6 Å². The molecule has 4 rings (SSSR count). The van der Waals surface area contributed by atoms with E-state index in [1.54, 1.807) is 0 Å². The minimum Gasteiger partial charge on any atom is -0.454 e. The number of ketones is 1. The molecule has 0 bridgehead atoms. The number of hydrogen-bond acceptors (Lipinski definition) is 4. The largest absolute Gasteiger partial charge is 0.454 e. The number of rotatable bonds is 3. The molecule has 4 nitrogen and oxygen atoms in total. The molecule has 7 atom stereocenters. The maximum Gasteiger partial charge on any atom is 0.303 e. The van der Waals surface area contributed by atoms with Crippen LogP contribution in [0.5, 0.6) is 0 Å². The minimum atomic E-state index is -1.81. The van der Waals surface area contributed by atoms with Crippen LogP contribution in [0.3, 0.4) is 0 Å². The van der Waals surface area contributed by atoms with Gasteiger partial charge in [0.25, 0.3) is 0 Å². The van der Waals surface area contributed by atoms with Crippen LogP contribution in [0, 0.1) is 28.6 Å². The molecule has 3 saturated carbocycles. The molecule has 0 spiro atoms. The fraction of sp³-hybridized carbons (Fsp3) is 0.852. The van der Waals surface area contributed by atoms with Gasteiger partial charge in [0.1, 0.15) is 0 Å². The van der Waals surface area contributed by atoms with E-state index in [1.165, 1.54) is 44.6 Å². The number of ether oxygens (including phenoxy) is 1. The van der Waals surface area contributed by atoms with Crippen molar-refractivity contribution in [2.24, 2.45) is 28.6 Å². The van der Waals surface area contributed by atoms with Crippen LogP contribution >= 0.6 is 0 Å². The summed E-state index contributed by atoms with van der Waals surface area (Å²) in [6, 6.07) is 0. The number of carbonyl (C=O) groups is 2. The van der Waals surface area contributed by atoms with Gasteiger partial charge in [0, 0.05) is 13.3 Å². The second kappa shape index (κ2) is 7.80. The van der Waals surface area contributed by atoms with Gasteiger partial charge in [-0.05, 0) is 91.3 Å². The summed E-state index contributed by atoms with van der Waals surface area (Å²) in [5, 5.41) is 0.233. The molecule has 0 N–H and O–H groups in total. The summed E-state index contributed by atoms with van der Waals surface area (Å²) in [5.74, 6) is 1.57. The second-order valence-corrected chi connectivity index (χ2v) is 18.0. The standard InChI is InChI=1S/C27H44O4Si/c1-17(28)30-23-16-27(6)18(15-22(23)29)9-10-19-20-11-12-24(26(20,5)14-13-21(19)27)31-32(7,8)25(2,3)4/h15,19-21,23-24H,9-14,16H2,1-8H3/t19-,20-,21-,23?,24-,26-,27-/m0/s1. The fourth-order valence-electron chi connectivity index (χ4n) is 7.57. The molecule has 180 valence electrons. The Labute approximate surface area is 196 Å². The van der Waals surface area contributed by atoms with Crippen LogP contribution in [-0.4, -0.2) is 32.3 Å². The Bertz CT molecular complexity index is 824. The van der Waals surface area contributed by atoms with Crippen LogP contribution in [0.25, 0.3) is 0 Å². The van der Waals surface area contributed by atoms with E-state index in [2.05, 4.69) is 47.7 Å². The maximum absolute atomic E-state index is 12.6. The molecule has 0 aliphatic heterocycles. The molecule has 4 aliphatic carbocycles. The van der Waals surface area contributed by atoms with E-state index in [-0.39, 0.29) is 27.6 Å². The number of allylic oxidation sites excluding steroid dienone is 1. The van der Waals surface area contributed by atoms with Crippen molar-refractivity contribution < 1.29 is 18.8 Å². The summed E-state index contributed by atoms with van der Waals surface area (Å²) in [5.41, 5.74) is 1.54. The molecule has 0 saturated heterocycles. The first-order chi connectivity index (χ1) is 14.7. The molecular formula is C27H44O4Si. The molecule has 0 aromatic rings. The number of esters is 1. The third-order valence-corrected chi connectivity index (χ3v) is 14.9. The molecule has 32 heavy (non-hydrogen) atoms. The average Bonchev–Trinajstić information content (AvgIpc) is 2.97. The van der Waals surface area contributed by atoms with Crippen molar-refractivity contribution >= 4 is 20.1 Å². The molecule has 0 radical (unpaired) electrons. The Morgan fingerprint density at radius 1 is 1.09 bits per heavy atom. The van der Waals surface area contributed by atoms with Gasteiger partial charge in [-0.3, -0.25) is 9.59 Å². The summed E-state index contributed by atoms with van der Waals surface area (Å²) < 4.78 is 12.5. The second-order valence-electron chi connectivity index (χ2n) is 13.2. The highest BCUT2D eigenvalue weighted by molar-refractivity contribution is 6.74. The van der Waals surface area contributed by atoms with E-state index >= 15 is 0 Å². The molecule has 0 amide bonds. The van der Waals surface area contributed by atoms with Gasteiger partial charge >= 0.3 is 5.97 Å². The van der Waals surface area contributed by atoms with Gasteiger partial charge in [0.2, 0.25) is 0 Å². The molecule has 5 heteroatoms. The molecule has 0 aromatic heterocycles. The molecule has 0 heterocycles. The van der Waals surface area contributed by atoms with Gasteiger partial charge < -0.3 is 9.16 Å². The van der Waals surface area contributed by atoms with Crippen LogP contribution in [0.15, 0.2) is 11.6 Å². The third-order valence-electron chi connectivity index (χ3n) is 10.4. The monoisotopic (exact) mass is 460 g/mol. The van der Waals surface area contributed by atoms with E-state index in [0.29, 0.717) is 30.3 Å². The van der Waals surface area contributed by atoms with Gasteiger partial charge in [-0.2, -0.15) is 0 Å². The van der Waals surface area contributed by atoms with E-state index in [1.807, 2.05) is 6.08 Å². The first-order valence-electron chi connectivity index (χ1n) is 12.8. The Hall–Kier alpha value is -0.943. The van der Waals surface area contributed by atoms with Crippen molar-refractivity contribution in [3.63, 3.8) is 0 Å². The number of carbonyl (C=O) groups excluding carboxylic acids is 2.